The molecule has 0 aromatic carbocycles. The lowest BCUT2D eigenvalue weighted by molar-refractivity contribution is 0.356. The molecule has 1 aliphatic carbocycles. The van der Waals surface area contributed by atoms with E-state index in [-0.39, 0.29) is 0 Å². The van der Waals surface area contributed by atoms with Gasteiger partial charge < -0.3 is 0 Å². The van der Waals surface area contributed by atoms with E-state index in [0.717, 1.165) is 11.8 Å². The van der Waals surface area contributed by atoms with Gasteiger partial charge >= 0.3 is 0 Å². The van der Waals surface area contributed by atoms with Crippen molar-refractivity contribution in [3.05, 3.63) is 0 Å². The van der Waals surface area contributed by atoms with Crippen molar-refractivity contribution in [2.75, 3.05) is 0 Å². The summed E-state index contributed by atoms with van der Waals surface area (Å²) in [6.45, 7) is 9.39. The third kappa shape index (κ3) is 9.83. The minimum Gasteiger partial charge on any atom is -0.0654 e. The third-order valence-electron chi connectivity index (χ3n) is 5.00. The Balaban J connectivity index is 1.80. The highest BCUT2D eigenvalue weighted by atomic mass is 14.4. The number of hydrogen-bond acceptors (Lipinski definition) is 0. The first-order chi connectivity index (χ1) is 9.53. The van der Waals surface area contributed by atoms with Crippen LogP contribution in [-0.4, -0.2) is 0 Å². The first kappa shape index (κ1) is 18.1. The zero-order chi connectivity index (χ0) is 14.8. The number of rotatable bonds is 12. The summed E-state index contributed by atoms with van der Waals surface area (Å²) in [5.74, 6) is 2.26. The van der Waals surface area contributed by atoms with Crippen molar-refractivity contribution < 1.29 is 0 Å². The van der Waals surface area contributed by atoms with Crippen LogP contribution in [0.3, 0.4) is 0 Å². The summed E-state index contributed by atoms with van der Waals surface area (Å²) in [6.07, 6.45) is 19.2. The summed E-state index contributed by atoms with van der Waals surface area (Å²) in [5.41, 5.74) is 0.541. The predicted octanol–water partition coefficient (Wildman–Crippen LogP) is 7.37. The molecule has 1 fully saturated rings. The van der Waals surface area contributed by atoms with E-state index in [2.05, 4.69) is 27.7 Å². The molecule has 0 unspecified atom stereocenters. The van der Waals surface area contributed by atoms with E-state index in [4.69, 9.17) is 0 Å². The minimum absolute atomic E-state index is 0.541. The second-order valence-corrected chi connectivity index (χ2v) is 8.47. The van der Waals surface area contributed by atoms with Crippen LogP contribution in [0.25, 0.3) is 0 Å². The van der Waals surface area contributed by atoms with Crippen molar-refractivity contribution in [1.29, 1.82) is 0 Å². The first-order valence-corrected chi connectivity index (χ1v) is 9.53. The zero-order valence-corrected chi connectivity index (χ0v) is 14.8. The molecule has 0 amide bonds. The summed E-state index contributed by atoms with van der Waals surface area (Å²) in [6, 6.07) is 0. The zero-order valence-electron chi connectivity index (χ0n) is 14.8. The van der Waals surface area contributed by atoms with Gasteiger partial charge in [0.1, 0.15) is 0 Å². The largest absolute Gasteiger partial charge is 0.0654 e. The molecular formula is C20H40. The molecule has 0 aliphatic heterocycles. The lowest BCUT2D eigenvalue weighted by Gasteiger charge is -2.17. The van der Waals surface area contributed by atoms with Gasteiger partial charge in [0.2, 0.25) is 0 Å². The molecule has 0 heterocycles. The van der Waals surface area contributed by atoms with E-state index in [1.807, 2.05) is 0 Å². The SMILES string of the molecule is CCCCCC[C@@H]1C[C@@H]1CCCCCCCC(C)(C)C. The molecule has 0 spiro atoms. The Morgan fingerprint density at radius 1 is 0.700 bits per heavy atom. The Kier molecular flexibility index (Phi) is 8.89. The molecule has 0 bridgehead atoms. The van der Waals surface area contributed by atoms with Crippen molar-refractivity contribution >= 4 is 0 Å². The Hall–Kier alpha value is 0. The average Bonchev–Trinajstić information content (AvgIpc) is 3.11. The van der Waals surface area contributed by atoms with Gasteiger partial charge in [-0.15, -0.1) is 0 Å². The monoisotopic (exact) mass is 280 g/mol. The van der Waals surface area contributed by atoms with Crippen LogP contribution in [0.15, 0.2) is 0 Å². The summed E-state index contributed by atoms with van der Waals surface area (Å²) >= 11 is 0. The minimum atomic E-state index is 0.541. The third-order valence-corrected chi connectivity index (χ3v) is 5.00. The van der Waals surface area contributed by atoms with Gasteiger partial charge in [-0.25, -0.2) is 0 Å². The van der Waals surface area contributed by atoms with E-state index < -0.39 is 0 Å². The van der Waals surface area contributed by atoms with Gasteiger partial charge in [0.25, 0.3) is 0 Å². The molecule has 0 aromatic rings. The Bertz CT molecular complexity index is 223. The average molecular weight is 281 g/mol. The molecule has 2 atom stereocenters. The molecule has 0 saturated heterocycles. The lowest BCUT2D eigenvalue weighted by Crippen LogP contribution is -2.03. The van der Waals surface area contributed by atoms with Gasteiger partial charge in [-0.3, -0.25) is 0 Å². The van der Waals surface area contributed by atoms with Crippen LogP contribution >= 0.6 is 0 Å². The van der Waals surface area contributed by atoms with Crippen LogP contribution in [-0.2, 0) is 0 Å². The van der Waals surface area contributed by atoms with Crippen LogP contribution < -0.4 is 0 Å². The smallest absolute Gasteiger partial charge is 0.0383 e. The van der Waals surface area contributed by atoms with E-state index in [1.165, 1.54) is 77.0 Å². The molecule has 1 aliphatic rings. The van der Waals surface area contributed by atoms with Crippen molar-refractivity contribution in [3.63, 3.8) is 0 Å². The van der Waals surface area contributed by atoms with Crippen molar-refractivity contribution in [2.45, 2.75) is 111 Å². The van der Waals surface area contributed by atoms with Crippen LogP contribution in [0.5, 0.6) is 0 Å². The fourth-order valence-corrected chi connectivity index (χ4v) is 3.44. The fraction of sp³-hybridized carbons (Fsp3) is 1.00. The van der Waals surface area contributed by atoms with Crippen molar-refractivity contribution in [1.82, 2.24) is 0 Å². The first-order valence-electron chi connectivity index (χ1n) is 9.53. The quantitative estimate of drug-likeness (QED) is 0.327. The summed E-state index contributed by atoms with van der Waals surface area (Å²) < 4.78 is 0. The number of hydrogen-bond donors (Lipinski definition) is 0. The van der Waals surface area contributed by atoms with E-state index in [9.17, 15) is 0 Å². The summed E-state index contributed by atoms with van der Waals surface area (Å²) in [4.78, 5) is 0. The van der Waals surface area contributed by atoms with Gasteiger partial charge in [0.05, 0.1) is 0 Å². The van der Waals surface area contributed by atoms with Crippen molar-refractivity contribution in [2.24, 2.45) is 17.3 Å². The molecule has 1 rings (SSSR count). The maximum Gasteiger partial charge on any atom is -0.0383 e. The van der Waals surface area contributed by atoms with Crippen LogP contribution in [0.4, 0.5) is 0 Å². The van der Waals surface area contributed by atoms with Crippen LogP contribution in [0.2, 0.25) is 0 Å². The Morgan fingerprint density at radius 3 is 1.75 bits per heavy atom. The molecule has 120 valence electrons. The highest BCUT2D eigenvalue weighted by Gasteiger charge is 2.34. The Labute approximate surface area is 129 Å². The maximum atomic E-state index is 2.36. The van der Waals surface area contributed by atoms with Gasteiger partial charge in [-0.1, -0.05) is 98.3 Å². The molecule has 20 heavy (non-hydrogen) atoms. The lowest BCUT2D eigenvalue weighted by atomic mass is 9.89. The molecule has 0 radical (unpaired) electrons. The summed E-state index contributed by atoms with van der Waals surface area (Å²) in [7, 11) is 0. The predicted molar refractivity (Wildman–Crippen MR) is 92.1 cm³/mol. The second-order valence-electron chi connectivity index (χ2n) is 8.47. The normalized spacial score (nSPS) is 22.2. The van der Waals surface area contributed by atoms with Crippen LogP contribution in [0.1, 0.15) is 111 Å². The maximum absolute atomic E-state index is 2.36. The summed E-state index contributed by atoms with van der Waals surface area (Å²) in [5, 5.41) is 0. The number of unbranched alkanes of at least 4 members (excludes halogenated alkanes) is 7. The van der Waals surface area contributed by atoms with E-state index in [0.29, 0.717) is 5.41 Å². The van der Waals surface area contributed by atoms with Gasteiger partial charge in [-0.05, 0) is 30.1 Å². The molecule has 0 aromatic heterocycles. The standard InChI is InChI=1S/C20H40/c1-5-6-7-11-14-18-17-19(18)15-12-9-8-10-13-16-20(2,3)4/h18-19H,5-17H2,1-4H3/t18-,19+/m1/s1. The van der Waals surface area contributed by atoms with Gasteiger partial charge in [0.15, 0.2) is 0 Å². The molecule has 0 nitrogen and oxygen atoms in total. The highest BCUT2D eigenvalue weighted by Crippen LogP contribution is 2.45. The van der Waals surface area contributed by atoms with E-state index >= 15 is 0 Å². The molecule has 0 heteroatoms. The second kappa shape index (κ2) is 9.85. The highest BCUT2D eigenvalue weighted by molar-refractivity contribution is 4.85. The molecule has 0 N–H and O–H groups in total. The topological polar surface area (TPSA) is 0 Å². The fourth-order valence-electron chi connectivity index (χ4n) is 3.44. The Morgan fingerprint density at radius 2 is 1.20 bits per heavy atom. The van der Waals surface area contributed by atoms with Crippen LogP contribution in [0, 0.1) is 17.3 Å². The molecular weight excluding hydrogens is 240 g/mol. The van der Waals surface area contributed by atoms with E-state index in [1.54, 1.807) is 6.42 Å². The van der Waals surface area contributed by atoms with Gasteiger partial charge in [-0.2, -0.15) is 0 Å². The van der Waals surface area contributed by atoms with Gasteiger partial charge in [0, 0.05) is 0 Å². The molecule has 1 saturated carbocycles. The van der Waals surface area contributed by atoms with Crippen molar-refractivity contribution in [3.8, 4) is 0 Å².